The molecule has 1 saturated carbocycles. The summed E-state index contributed by atoms with van der Waals surface area (Å²) in [5.41, 5.74) is 0.378. The van der Waals surface area contributed by atoms with Gasteiger partial charge in [0.15, 0.2) is 0 Å². The average molecular weight is 266 g/mol. The van der Waals surface area contributed by atoms with Crippen LogP contribution in [-0.4, -0.2) is 35.6 Å². The van der Waals surface area contributed by atoms with Gasteiger partial charge in [-0.3, -0.25) is 4.90 Å². The first-order valence-electron chi connectivity index (χ1n) is 8.66. The van der Waals surface area contributed by atoms with Crippen molar-refractivity contribution in [2.24, 2.45) is 5.92 Å². The monoisotopic (exact) mass is 266 g/mol. The van der Waals surface area contributed by atoms with Gasteiger partial charge in [-0.25, -0.2) is 0 Å². The number of hydrogen-bond donors (Lipinski definition) is 1. The summed E-state index contributed by atoms with van der Waals surface area (Å²) in [6, 6.07) is 1.61. The lowest BCUT2D eigenvalue weighted by Crippen LogP contribution is -2.66. The number of piperazine rings is 1. The average Bonchev–Trinajstić information content (AvgIpc) is 2.47. The Bertz CT molecular complexity index is 272. The maximum atomic E-state index is 3.88. The van der Waals surface area contributed by atoms with Crippen molar-refractivity contribution >= 4 is 0 Å². The molecular weight excluding hydrogens is 232 g/mol. The van der Waals surface area contributed by atoms with Crippen molar-refractivity contribution in [2.45, 2.75) is 90.3 Å². The summed E-state index contributed by atoms with van der Waals surface area (Å²) in [7, 11) is 0. The molecule has 1 heterocycles. The highest BCUT2D eigenvalue weighted by Gasteiger charge is 2.40. The van der Waals surface area contributed by atoms with E-state index in [4.69, 9.17) is 0 Å². The predicted molar refractivity (Wildman–Crippen MR) is 83.5 cm³/mol. The molecule has 2 fully saturated rings. The van der Waals surface area contributed by atoms with Gasteiger partial charge in [0.25, 0.3) is 0 Å². The van der Waals surface area contributed by atoms with Gasteiger partial charge in [-0.2, -0.15) is 0 Å². The first kappa shape index (κ1) is 15.3. The van der Waals surface area contributed by atoms with Gasteiger partial charge in [-0.1, -0.05) is 40.5 Å². The maximum Gasteiger partial charge on any atom is 0.0304 e. The van der Waals surface area contributed by atoms with Crippen molar-refractivity contribution in [1.82, 2.24) is 10.2 Å². The molecule has 2 aliphatic rings. The molecule has 2 rings (SSSR count). The summed E-state index contributed by atoms with van der Waals surface area (Å²) >= 11 is 0. The molecule has 3 atom stereocenters. The molecule has 1 aliphatic carbocycles. The third-order valence-corrected chi connectivity index (χ3v) is 5.98. The Balaban J connectivity index is 2.13. The molecule has 2 nitrogen and oxygen atoms in total. The van der Waals surface area contributed by atoms with Crippen LogP contribution in [0.15, 0.2) is 0 Å². The van der Waals surface area contributed by atoms with Gasteiger partial charge >= 0.3 is 0 Å². The minimum Gasteiger partial charge on any atom is -0.308 e. The highest BCUT2D eigenvalue weighted by atomic mass is 15.3. The maximum absolute atomic E-state index is 3.88. The van der Waals surface area contributed by atoms with Crippen LogP contribution in [0.4, 0.5) is 0 Å². The van der Waals surface area contributed by atoms with E-state index in [1.54, 1.807) is 0 Å². The molecule has 0 aromatic heterocycles. The van der Waals surface area contributed by atoms with Gasteiger partial charge < -0.3 is 5.32 Å². The lowest BCUT2D eigenvalue weighted by molar-refractivity contribution is 0.00200. The fourth-order valence-electron chi connectivity index (χ4n) is 4.27. The quantitative estimate of drug-likeness (QED) is 0.832. The van der Waals surface area contributed by atoms with E-state index in [1.807, 2.05) is 0 Å². The smallest absolute Gasteiger partial charge is 0.0304 e. The van der Waals surface area contributed by atoms with E-state index in [0.717, 1.165) is 18.0 Å². The summed E-state index contributed by atoms with van der Waals surface area (Å²) in [4.78, 5) is 2.90. The van der Waals surface area contributed by atoms with Gasteiger partial charge in [-0.15, -0.1) is 0 Å². The van der Waals surface area contributed by atoms with Crippen LogP contribution in [0.1, 0.15) is 72.6 Å². The predicted octanol–water partition coefficient (Wildman–Crippen LogP) is 3.81. The van der Waals surface area contributed by atoms with Crippen molar-refractivity contribution in [3.8, 4) is 0 Å². The van der Waals surface area contributed by atoms with Crippen molar-refractivity contribution in [3.63, 3.8) is 0 Å². The van der Waals surface area contributed by atoms with Crippen LogP contribution >= 0.6 is 0 Å². The Hall–Kier alpha value is -0.0800. The van der Waals surface area contributed by atoms with Crippen molar-refractivity contribution < 1.29 is 0 Å². The highest BCUT2D eigenvalue weighted by Crippen LogP contribution is 2.33. The second-order valence-electron chi connectivity index (χ2n) is 6.93. The standard InChI is InChI=1S/C17H34N2/c1-5-15-12-18-17(6-2,7-3)13-19(15)16-11-9-8-10-14(16)4/h14-16,18H,5-13H2,1-4H3. The molecule has 1 saturated heterocycles. The Morgan fingerprint density at radius 3 is 2.37 bits per heavy atom. The van der Waals surface area contributed by atoms with E-state index in [0.29, 0.717) is 5.54 Å². The van der Waals surface area contributed by atoms with Crippen molar-refractivity contribution in [3.05, 3.63) is 0 Å². The number of nitrogens with one attached hydrogen (secondary N) is 1. The Morgan fingerprint density at radius 1 is 1.11 bits per heavy atom. The lowest BCUT2D eigenvalue weighted by atomic mass is 9.80. The molecule has 0 spiro atoms. The Morgan fingerprint density at radius 2 is 1.79 bits per heavy atom. The first-order chi connectivity index (χ1) is 9.15. The van der Waals surface area contributed by atoms with Crippen LogP contribution in [0.25, 0.3) is 0 Å². The van der Waals surface area contributed by atoms with Crippen LogP contribution < -0.4 is 5.32 Å². The number of rotatable bonds is 4. The molecule has 0 aromatic rings. The molecule has 0 aromatic carbocycles. The number of hydrogen-bond acceptors (Lipinski definition) is 2. The second-order valence-corrected chi connectivity index (χ2v) is 6.93. The molecule has 1 aliphatic heterocycles. The van der Waals surface area contributed by atoms with E-state index in [1.165, 1.54) is 58.0 Å². The fourth-order valence-corrected chi connectivity index (χ4v) is 4.27. The molecule has 0 bridgehead atoms. The Labute approximate surface area is 120 Å². The number of nitrogens with zero attached hydrogens (tertiary/aromatic N) is 1. The highest BCUT2D eigenvalue weighted by molar-refractivity contribution is 4.99. The fraction of sp³-hybridized carbons (Fsp3) is 1.00. The molecule has 0 amide bonds. The van der Waals surface area contributed by atoms with Gasteiger partial charge in [0.2, 0.25) is 0 Å². The molecule has 19 heavy (non-hydrogen) atoms. The summed E-state index contributed by atoms with van der Waals surface area (Å²) in [5.74, 6) is 0.896. The topological polar surface area (TPSA) is 15.3 Å². The molecular formula is C17H34N2. The summed E-state index contributed by atoms with van der Waals surface area (Å²) in [6.45, 7) is 12.0. The van der Waals surface area contributed by atoms with E-state index < -0.39 is 0 Å². The summed E-state index contributed by atoms with van der Waals surface area (Å²) in [6.07, 6.45) is 9.58. The third-order valence-electron chi connectivity index (χ3n) is 5.98. The van der Waals surface area contributed by atoms with Gasteiger partial charge in [0.05, 0.1) is 0 Å². The Kier molecular flexibility index (Phi) is 5.30. The molecule has 0 radical (unpaired) electrons. The second kappa shape index (κ2) is 6.58. The van der Waals surface area contributed by atoms with Gasteiger partial charge in [-0.05, 0) is 38.0 Å². The van der Waals surface area contributed by atoms with Crippen LogP contribution in [0.5, 0.6) is 0 Å². The lowest BCUT2D eigenvalue weighted by Gasteiger charge is -2.52. The minimum atomic E-state index is 0.378. The van der Waals surface area contributed by atoms with Crippen LogP contribution in [0, 0.1) is 5.92 Å². The SMILES string of the molecule is CCC1CNC(CC)(CC)CN1C1CCCCC1C. The zero-order valence-electron chi connectivity index (χ0n) is 13.5. The van der Waals surface area contributed by atoms with E-state index in [9.17, 15) is 0 Å². The van der Waals surface area contributed by atoms with Crippen LogP contribution in [0.3, 0.4) is 0 Å². The minimum absolute atomic E-state index is 0.378. The molecule has 1 N–H and O–H groups in total. The summed E-state index contributed by atoms with van der Waals surface area (Å²) in [5, 5.41) is 3.88. The van der Waals surface area contributed by atoms with E-state index in [-0.39, 0.29) is 0 Å². The normalized spacial score (nSPS) is 36.3. The van der Waals surface area contributed by atoms with Crippen LogP contribution in [0.2, 0.25) is 0 Å². The van der Waals surface area contributed by atoms with Crippen molar-refractivity contribution in [2.75, 3.05) is 13.1 Å². The van der Waals surface area contributed by atoms with E-state index >= 15 is 0 Å². The van der Waals surface area contributed by atoms with Crippen molar-refractivity contribution in [1.29, 1.82) is 0 Å². The molecule has 112 valence electrons. The van der Waals surface area contributed by atoms with Gasteiger partial charge in [0.1, 0.15) is 0 Å². The van der Waals surface area contributed by atoms with Gasteiger partial charge in [0, 0.05) is 30.7 Å². The largest absolute Gasteiger partial charge is 0.308 e. The zero-order valence-corrected chi connectivity index (χ0v) is 13.5. The zero-order chi connectivity index (χ0) is 13.9. The van der Waals surface area contributed by atoms with E-state index in [2.05, 4.69) is 37.9 Å². The third kappa shape index (κ3) is 3.16. The summed E-state index contributed by atoms with van der Waals surface area (Å²) < 4.78 is 0. The molecule has 2 heteroatoms. The first-order valence-corrected chi connectivity index (χ1v) is 8.66. The van der Waals surface area contributed by atoms with Crippen LogP contribution in [-0.2, 0) is 0 Å². The molecule has 3 unspecified atom stereocenters.